The van der Waals surface area contributed by atoms with Gasteiger partial charge in [-0.15, -0.1) is 6.58 Å². The molecule has 82 valence electrons. The van der Waals surface area contributed by atoms with Gasteiger partial charge in [0.2, 0.25) is 0 Å². The molecule has 0 saturated carbocycles. The number of piperidine rings is 1. The number of hydrogen-bond acceptors (Lipinski definition) is 2. The molecule has 0 aromatic carbocycles. The van der Waals surface area contributed by atoms with E-state index < -0.39 is 0 Å². The van der Waals surface area contributed by atoms with Crippen LogP contribution in [0.1, 0.15) is 40.5 Å². The van der Waals surface area contributed by atoms with Crippen molar-refractivity contribution >= 4 is 0 Å². The van der Waals surface area contributed by atoms with Crippen molar-refractivity contribution in [2.24, 2.45) is 0 Å². The van der Waals surface area contributed by atoms with Gasteiger partial charge >= 0.3 is 0 Å². The van der Waals surface area contributed by atoms with Gasteiger partial charge in [-0.3, -0.25) is 0 Å². The number of nitrogens with one attached hydrogen (secondary N) is 1. The van der Waals surface area contributed by atoms with Gasteiger partial charge in [0.15, 0.2) is 0 Å². The molecule has 0 bridgehead atoms. The normalized spacial score (nSPS) is 26.0. The Kier molecular flexibility index (Phi) is 3.38. The molecule has 0 aromatic heterocycles. The van der Waals surface area contributed by atoms with Gasteiger partial charge in [0, 0.05) is 11.1 Å². The summed E-state index contributed by atoms with van der Waals surface area (Å²) in [5, 5.41) is 3.63. The molecule has 1 aliphatic rings. The van der Waals surface area contributed by atoms with Crippen LogP contribution in [0.15, 0.2) is 12.7 Å². The molecule has 1 aliphatic heterocycles. The van der Waals surface area contributed by atoms with E-state index in [9.17, 15) is 0 Å². The van der Waals surface area contributed by atoms with E-state index in [1.165, 1.54) is 0 Å². The van der Waals surface area contributed by atoms with Crippen molar-refractivity contribution in [3.63, 3.8) is 0 Å². The van der Waals surface area contributed by atoms with Crippen LogP contribution in [0.2, 0.25) is 0 Å². The molecular weight excluding hydrogens is 174 g/mol. The summed E-state index contributed by atoms with van der Waals surface area (Å²) in [6.45, 7) is 13.3. The van der Waals surface area contributed by atoms with E-state index in [0.29, 0.717) is 12.7 Å². The van der Waals surface area contributed by atoms with E-state index in [1.807, 2.05) is 6.08 Å². The first-order chi connectivity index (χ1) is 6.35. The third-order valence-electron chi connectivity index (χ3n) is 2.60. The van der Waals surface area contributed by atoms with Crippen molar-refractivity contribution in [3.8, 4) is 0 Å². The molecule has 1 fully saturated rings. The zero-order chi connectivity index (χ0) is 10.8. The molecule has 0 aromatic rings. The lowest BCUT2D eigenvalue weighted by atomic mass is 9.81. The third-order valence-corrected chi connectivity index (χ3v) is 2.60. The first kappa shape index (κ1) is 11.7. The van der Waals surface area contributed by atoms with E-state index in [4.69, 9.17) is 4.74 Å². The van der Waals surface area contributed by atoms with Gasteiger partial charge < -0.3 is 10.1 Å². The minimum atomic E-state index is 0.174. The predicted octanol–water partition coefficient (Wildman–Crippen LogP) is 2.50. The third kappa shape index (κ3) is 3.43. The fraction of sp³-hybridized carbons (Fsp3) is 0.833. The van der Waals surface area contributed by atoms with Crippen LogP contribution in [0.4, 0.5) is 0 Å². The van der Waals surface area contributed by atoms with Crippen LogP contribution in [0, 0.1) is 0 Å². The maximum atomic E-state index is 5.75. The highest BCUT2D eigenvalue weighted by Gasteiger charge is 2.37. The Labute approximate surface area is 87.7 Å². The van der Waals surface area contributed by atoms with Gasteiger partial charge in [-0.05, 0) is 40.5 Å². The fourth-order valence-electron chi connectivity index (χ4n) is 2.55. The second-order valence-electron chi connectivity index (χ2n) is 5.55. The summed E-state index contributed by atoms with van der Waals surface area (Å²) in [5.41, 5.74) is 0.348. The molecular formula is C12H23NO. The summed E-state index contributed by atoms with van der Waals surface area (Å²) >= 11 is 0. The van der Waals surface area contributed by atoms with Gasteiger partial charge in [-0.1, -0.05) is 6.08 Å². The Bertz CT molecular complexity index is 192. The van der Waals surface area contributed by atoms with Gasteiger partial charge in [0.25, 0.3) is 0 Å². The summed E-state index contributed by atoms with van der Waals surface area (Å²) in [6.07, 6.45) is 4.33. The average molecular weight is 197 g/mol. The maximum absolute atomic E-state index is 5.75. The van der Waals surface area contributed by atoms with Crippen LogP contribution in [-0.4, -0.2) is 23.8 Å². The zero-order valence-corrected chi connectivity index (χ0v) is 9.89. The van der Waals surface area contributed by atoms with E-state index in [-0.39, 0.29) is 11.1 Å². The summed E-state index contributed by atoms with van der Waals surface area (Å²) < 4.78 is 5.75. The van der Waals surface area contributed by atoms with Crippen molar-refractivity contribution in [2.75, 3.05) is 6.61 Å². The molecule has 1 saturated heterocycles. The molecule has 0 spiro atoms. The Hall–Kier alpha value is -0.340. The first-order valence-electron chi connectivity index (χ1n) is 5.36. The summed E-state index contributed by atoms with van der Waals surface area (Å²) in [6, 6.07) is 0. The van der Waals surface area contributed by atoms with Crippen LogP contribution >= 0.6 is 0 Å². The van der Waals surface area contributed by atoms with Crippen molar-refractivity contribution in [3.05, 3.63) is 12.7 Å². The minimum Gasteiger partial charge on any atom is -0.374 e. The highest BCUT2D eigenvalue weighted by molar-refractivity contribution is 4.97. The second kappa shape index (κ2) is 4.03. The van der Waals surface area contributed by atoms with Crippen molar-refractivity contribution < 1.29 is 4.74 Å². The Balaban J connectivity index is 2.57. The van der Waals surface area contributed by atoms with Crippen molar-refractivity contribution in [1.29, 1.82) is 0 Å². The standard InChI is InChI=1S/C12H23NO/c1-6-7-14-10-8-11(2,3)13-12(4,5)9-10/h6,10,13H,1,7-9H2,2-5H3. The fourth-order valence-corrected chi connectivity index (χ4v) is 2.55. The van der Waals surface area contributed by atoms with Gasteiger partial charge in [-0.25, -0.2) is 0 Å². The summed E-state index contributed by atoms with van der Waals surface area (Å²) in [5.74, 6) is 0. The monoisotopic (exact) mass is 197 g/mol. The largest absolute Gasteiger partial charge is 0.374 e. The van der Waals surface area contributed by atoms with E-state index >= 15 is 0 Å². The Morgan fingerprint density at radius 1 is 1.29 bits per heavy atom. The van der Waals surface area contributed by atoms with E-state index in [2.05, 4.69) is 39.6 Å². The Morgan fingerprint density at radius 2 is 1.79 bits per heavy atom. The zero-order valence-electron chi connectivity index (χ0n) is 9.89. The summed E-state index contributed by atoms with van der Waals surface area (Å²) in [7, 11) is 0. The number of hydrogen-bond donors (Lipinski definition) is 1. The lowest BCUT2D eigenvalue weighted by Crippen LogP contribution is -2.59. The van der Waals surface area contributed by atoms with Crippen molar-refractivity contribution in [1.82, 2.24) is 5.32 Å². The van der Waals surface area contributed by atoms with Gasteiger partial charge in [0.05, 0.1) is 12.7 Å². The first-order valence-corrected chi connectivity index (χ1v) is 5.36. The van der Waals surface area contributed by atoms with Crippen LogP contribution in [0.25, 0.3) is 0 Å². The lowest BCUT2D eigenvalue weighted by molar-refractivity contribution is -0.00965. The molecule has 1 heterocycles. The van der Waals surface area contributed by atoms with Gasteiger partial charge in [0.1, 0.15) is 0 Å². The molecule has 2 nitrogen and oxygen atoms in total. The molecule has 1 rings (SSSR count). The maximum Gasteiger partial charge on any atom is 0.0648 e. The summed E-state index contributed by atoms with van der Waals surface area (Å²) in [4.78, 5) is 0. The molecule has 0 radical (unpaired) electrons. The predicted molar refractivity (Wildman–Crippen MR) is 60.5 cm³/mol. The highest BCUT2D eigenvalue weighted by Crippen LogP contribution is 2.30. The molecule has 14 heavy (non-hydrogen) atoms. The number of rotatable bonds is 3. The smallest absolute Gasteiger partial charge is 0.0648 e. The Morgan fingerprint density at radius 3 is 2.21 bits per heavy atom. The highest BCUT2D eigenvalue weighted by atomic mass is 16.5. The minimum absolute atomic E-state index is 0.174. The van der Waals surface area contributed by atoms with E-state index in [0.717, 1.165) is 12.8 Å². The second-order valence-corrected chi connectivity index (χ2v) is 5.55. The SMILES string of the molecule is C=CCOC1CC(C)(C)NC(C)(C)C1. The quantitative estimate of drug-likeness (QED) is 0.702. The molecule has 0 aliphatic carbocycles. The average Bonchev–Trinajstić information content (AvgIpc) is 1.94. The molecule has 0 amide bonds. The van der Waals surface area contributed by atoms with Gasteiger partial charge in [-0.2, -0.15) is 0 Å². The topological polar surface area (TPSA) is 21.3 Å². The van der Waals surface area contributed by atoms with Crippen LogP contribution in [0.5, 0.6) is 0 Å². The van der Waals surface area contributed by atoms with Crippen LogP contribution < -0.4 is 5.32 Å². The van der Waals surface area contributed by atoms with Crippen molar-refractivity contribution in [2.45, 2.75) is 57.7 Å². The molecule has 2 heteroatoms. The lowest BCUT2D eigenvalue weighted by Gasteiger charge is -2.46. The molecule has 1 N–H and O–H groups in total. The number of ether oxygens (including phenoxy) is 1. The van der Waals surface area contributed by atoms with Crippen LogP contribution in [0.3, 0.4) is 0 Å². The van der Waals surface area contributed by atoms with Crippen LogP contribution in [-0.2, 0) is 4.74 Å². The molecule has 0 unspecified atom stereocenters. The van der Waals surface area contributed by atoms with E-state index in [1.54, 1.807) is 0 Å². The molecule has 0 atom stereocenters.